The lowest BCUT2D eigenvalue weighted by molar-refractivity contribution is -0.137. The predicted molar refractivity (Wildman–Crippen MR) is 76.7 cm³/mol. The summed E-state index contributed by atoms with van der Waals surface area (Å²) in [6.45, 7) is 0.804. The number of nitrogens with one attached hydrogen (secondary N) is 2. The molecule has 1 aliphatic rings. The molecule has 22 heavy (non-hydrogen) atoms. The van der Waals surface area contributed by atoms with Crippen LogP contribution in [-0.2, 0) is 12.7 Å². The van der Waals surface area contributed by atoms with Crippen molar-refractivity contribution < 1.29 is 13.2 Å². The van der Waals surface area contributed by atoms with Gasteiger partial charge in [-0.1, -0.05) is 0 Å². The Kier molecular flexibility index (Phi) is 3.51. The molecule has 0 spiro atoms. The molecule has 0 unspecified atom stereocenters. The summed E-state index contributed by atoms with van der Waals surface area (Å²) in [5.41, 5.74) is 1.31. The standard InChI is InChI=1S/C14H14F3N5/c1-18-13-11-3-2-9(14(15,16)17)4-12(11)22(8-21-13)6-10-5-19-7-20-10/h2-5,7H,6,8H2,1H3,(H,18,21)(H,19,20). The van der Waals surface area contributed by atoms with Crippen LogP contribution in [-0.4, -0.2) is 29.5 Å². The number of fused-ring (bicyclic) bond motifs is 1. The van der Waals surface area contributed by atoms with E-state index in [9.17, 15) is 13.2 Å². The Hall–Kier alpha value is -2.51. The number of benzene rings is 1. The fraction of sp³-hybridized carbons (Fsp3) is 0.286. The average Bonchev–Trinajstić information content (AvgIpc) is 2.99. The third-order valence-corrected chi connectivity index (χ3v) is 3.50. The number of aliphatic imine (C=N–C) groups is 1. The van der Waals surface area contributed by atoms with Crippen molar-refractivity contribution >= 4 is 11.5 Å². The molecule has 0 bridgehead atoms. The highest BCUT2D eigenvalue weighted by atomic mass is 19.4. The van der Waals surface area contributed by atoms with Crippen molar-refractivity contribution in [1.29, 1.82) is 0 Å². The quantitative estimate of drug-likeness (QED) is 0.895. The number of rotatable bonds is 2. The van der Waals surface area contributed by atoms with Gasteiger partial charge in [0, 0.05) is 18.8 Å². The molecule has 0 saturated heterocycles. The number of aromatic nitrogens is 2. The number of alkyl halides is 3. The zero-order valence-electron chi connectivity index (χ0n) is 11.8. The molecule has 1 aromatic carbocycles. The summed E-state index contributed by atoms with van der Waals surface area (Å²) in [4.78, 5) is 12.8. The van der Waals surface area contributed by atoms with Gasteiger partial charge in [0.25, 0.3) is 0 Å². The zero-order valence-corrected chi connectivity index (χ0v) is 11.8. The van der Waals surface area contributed by atoms with Gasteiger partial charge < -0.3 is 15.2 Å². The summed E-state index contributed by atoms with van der Waals surface area (Å²) in [6, 6.07) is 3.69. The topological polar surface area (TPSA) is 56.3 Å². The van der Waals surface area contributed by atoms with Gasteiger partial charge in [0.05, 0.1) is 36.5 Å². The number of halogens is 3. The molecule has 2 N–H and O–H groups in total. The number of anilines is 1. The Morgan fingerprint density at radius 3 is 2.82 bits per heavy atom. The van der Waals surface area contributed by atoms with Gasteiger partial charge in [0.1, 0.15) is 5.84 Å². The van der Waals surface area contributed by atoms with Crippen molar-refractivity contribution in [2.45, 2.75) is 12.7 Å². The predicted octanol–water partition coefficient (Wildman–Crippen LogP) is 2.37. The van der Waals surface area contributed by atoms with Gasteiger partial charge in [-0.05, 0) is 18.2 Å². The second kappa shape index (κ2) is 5.36. The minimum Gasteiger partial charge on any atom is -0.352 e. The highest BCUT2D eigenvalue weighted by Crippen LogP contribution is 2.34. The molecule has 0 radical (unpaired) electrons. The summed E-state index contributed by atoms with van der Waals surface area (Å²) < 4.78 is 38.9. The average molecular weight is 309 g/mol. The first kappa shape index (κ1) is 14.4. The molecular formula is C14H14F3N5. The van der Waals surface area contributed by atoms with Gasteiger partial charge in [-0.15, -0.1) is 0 Å². The monoisotopic (exact) mass is 309 g/mol. The van der Waals surface area contributed by atoms with Crippen LogP contribution < -0.4 is 10.2 Å². The maximum atomic E-state index is 13.0. The highest BCUT2D eigenvalue weighted by Gasteiger charge is 2.33. The van der Waals surface area contributed by atoms with Gasteiger partial charge >= 0.3 is 6.18 Å². The van der Waals surface area contributed by atoms with Crippen LogP contribution in [0.5, 0.6) is 0 Å². The number of hydrogen-bond acceptors (Lipinski definition) is 3. The van der Waals surface area contributed by atoms with Crippen molar-refractivity contribution in [3.8, 4) is 0 Å². The van der Waals surface area contributed by atoms with Gasteiger partial charge in [-0.2, -0.15) is 13.2 Å². The van der Waals surface area contributed by atoms with Crippen LogP contribution in [0.25, 0.3) is 0 Å². The molecule has 8 heteroatoms. The van der Waals surface area contributed by atoms with Gasteiger partial charge in [0.2, 0.25) is 0 Å². The minimum atomic E-state index is -4.37. The summed E-state index contributed by atoms with van der Waals surface area (Å²) in [7, 11) is 1.61. The molecule has 0 aliphatic carbocycles. The number of aromatic amines is 1. The van der Waals surface area contributed by atoms with E-state index in [2.05, 4.69) is 20.3 Å². The molecule has 0 amide bonds. The molecule has 0 fully saturated rings. The Morgan fingerprint density at radius 2 is 2.18 bits per heavy atom. The van der Waals surface area contributed by atoms with E-state index >= 15 is 0 Å². The van der Waals surface area contributed by atoms with Crippen LogP contribution in [0.15, 0.2) is 35.7 Å². The lowest BCUT2D eigenvalue weighted by atomic mass is 10.0. The van der Waals surface area contributed by atoms with E-state index in [1.54, 1.807) is 19.6 Å². The summed E-state index contributed by atoms with van der Waals surface area (Å²) in [6.07, 6.45) is -1.18. The maximum absolute atomic E-state index is 13.0. The molecule has 3 rings (SSSR count). The Bertz CT molecular complexity index is 691. The fourth-order valence-corrected chi connectivity index (χ4v) is 2.44. The molecule has 2 heterocycles. The molecule has 5 nitrogen and oxygen atoms in total. The van der Waals surface area contributed by atoms with E-state index in [1.807, 2.05) is 4.90 Å². The second-order valence-electron chi connectivity index (χ2n) is 4.91. The van der Waals surface area contributed by atoms with Crippen molar-refractivity contribution in [2.75, 3.05) is 18.6 Å². The zero-order chi connectivity index (χ0) is 15.7. The van der Waals surface area contributed by atoms with E-state index < -0.39 is 11.7 Å². The van der Waals surface area contributed by atoms with Crippen molar-refractivity contribution in [1.82, 2.24) is 15.3 Å². The number of amidine groups is 1. The lowest BCUT2D eigenvalue weighted by Gasteiger charge is -2.33. The van der Waals surface area contributed by atoms with E-state index in [1.165, 1.54) is 6.07 Å². The molecule has 0 atom stereocenters. The van der Waals surface area contributed by atoms with Crippen LogP contribution in [0.1, 0.15) is 16.8 Å². The molecule has 116 valence electrons. The molecule has 1 aromatic heterocycles. The summed E-state index contributed by atoms with van der Waals surface area (Å²) in [5.74, 6) is 0.588. The molecule has 2 aromatic rings. The van der Waals surface area contributed by atoms with Crippen LogP contribution in [0.4, 0.5) is 18.9 Å². The van der Waals surface area contributed by atoms with E-state index in [0.717, 1.165) is 17.8 Å². The highest BCUT2D eigenvalue weighted by molar-refractivity contribution is 6.05. The first-order valence-corrected chi connectivity index (χ1v) is 6.63. The Labute approximate surface area is 124 Å². The van der Waals surface area contributed by atoms with Crippen molar-refractivity contribution in [3.05, 3.63) is 47.5 Å². The van der Waals surface area contributed by atoms with Crippen molar-refractivity contribution in [2.24, 2.45) is 4.99 Å². The van der Waals surface area contributed by atoms with Gasteiger partial charge in [0.15, 0.2) is 0 Å². The minimum absolute atomic E-state index is 0.375. The Morgan fingerprint density at radius 1 is 1.36 bits per heavy atom. The van der Waals surface area contributed by atoms with Crippen LogP contribution in [0.2, 0.25) is 0 Å². The summed E-state index contributed by atoms with van der Waals surface area (Å²) >= 11 is 0. The van der Waals surface area contributed by atoms with Gasteiger partial charge in [-0.25, -0.2) is 4.98 Å². The van der Waals surface area contributed by atoms with E-state index in [-0.39, 0.29) is 0 Å². The SMILES string of the molecule is CN=C1NCN(Cc2cnc[nH]2)c2cc(C(F)(F)F)ccc21. The van der Waals surface area contributed by atoms with Crippen LogP contribution >= 0.6 is 0 Å². The lowest BCUT2D eigenvalue weighted by Crippen LogP contribution is -2.43. The smallest absolute Gasteiger partial charge is 0.352 e. The normalized spacial score (nSPS) is 16.5. The third kappa shape index (κ3) is 2.63. The number of imidazole rings is 1. The third-order valence-electron chi connectivity index (χ3n) is 3.50. The largest absolute Gasteiger partial charge is 0.416 e. The first-order chi connectivity index (χ1) is 10.5. The second-order valence-corrected chi connectivity index (χ2v) is 4.91. The Balaban J connectivity index is 2.03. The molecule has 0 saturated carbocycles. The van der Waals surface area contributed by atoms with Crippen LogP contribution in [0.3, 0.4) is 0 Å². The van der Waals surface area contributed by atoms with Gasteiger partial charge in [-0.3, -0.25) is 4.99 Å². The van der Waals surface area contributed by atoms with E-state index in [4.69, 9.17) is 0 Å². The van der Waals surface area contributed by atoms with E-state index in [0.29, 0.717) is 30.3 Å². The fourth-order valence-electron chi connectivity index (χ4n) is 2.44. The molecular weight excluding hydrogens is 295 g/mol. The summed E-state index contributed by atoms with van der Waals surface area (Å²) in [5, 5.41) is 3.11. The number of hydrogen-bond donors (Lipinski definition) is 2. The molecule has 1 aliphatic heterocycles. The number of H-pyrrole nitrogens is 1. The number of nitrogens with zero attached hydrogens (tertiary/aromatic N) is 3. The van der Waals surface area contributed by atoms with Crippen molar-refractivity contribution in [3.63, 3.8) is 0 Å². The van der Waals surface area contributed by atoms with Crippen LogP contribution in [0, 0.1) is 0 Å². The maximum Gasteiger partial charge on any atom is 0.416 e. The first-order valence-electron chi connectivity index (χ1n) is 6.63.